The maximum atomic E-state index is 2.41. The monoisotopic (exact) mass is 916 g/mol. The van der Waals surface area contributed by atoms with E-state index < -0.39 is 0 Å². The van der Waals surface area contributed by atoms with Crippen molar-refractivity contribution in [3.8, 4) is 72.4 Å². The second-order valence-electron chi connectivity index (χ2n) is 18.5. The number of benzene rings is 12. The Hall–Kier alpha value is -9.50. The van der Waals surface area contributed by atoms with Crippen molar-refractivity contribution in [2.45, 2.75) is 0 Å². The first-order chi connectivity index (χ1) is 35.7. The molecule has 0 fully saturated rings. The quantitative estimate of drug-likeness (QED) is 0.133. The molecular formula is C70H48N2. The van der Waals surface area contributed by atoms with Gasteiger partial charge >= 0.3 is 0 Å². The molecular weight excluding hydrogens is 869 g/mol. The third-order valence-corrected chi connectivity index (χ3v) is 14.2. The van der Waals surface area contributed by atoms with Gasteiger partial charge in [0.25, 0.3) is 0 Å². The van der Waals surface area contributed by atoms with Gasteiger partial charge in [0, 0.05) is 33.5 Å². The largest absolute Gasteiger partial charge is 0.310 e. The van der Waals surface area contributed by atoms with Gasteiger partial charge in [-0.15, -0.1) is 0 Å². The molecule has 1 aromatic heterocycles. The Bertz CT molecular complexity index is 4030. The summed E-state index contributed by atoms with van der Waals surface area (Å²) in [5.74, 6) is 0. The maximum Gasteiger partial charge on any atom is 0.0547 e. The van der Waals surface area contributed by atoms with Crippen LogP contribution < -0.4 is 4.90 Å². The van der Waals surface area contributed by atoms with Crippen LogP contribution in [0.4, 0.5) is 17.1 Å². The smallest absolute Gasteiger partial charge is 0.0547 e. The lowest BCUT2D eigenvalue weighted by atomic mass is 9.95. The van der Waals surface area contributed by atoms with Crippen molar-refractivity contribution in [3.05, 3.63) is 291 Å². The van der Waals surface area contributed by atoms with Crippen molar-refractivity contribution in [3.63, 3.8) is 0 Å². The van der Waals surface area contributed by atoms with Gasteiger partial charge < -0.3 is 9.47 Å². The molecule has 0 N–H and O–H groups in total. The molecule has 2 heteroatoms. The summed E-state index contributed by atoms with van der Waals surface area (Å²) in [7, 11) is 0. The first kappa shape index (κ1) is 42.6. The number of aromatic nitrogens is 1. The van der Waals surface area contributed by atoms with Gasteiger partial charge in [0.1, 0.15) is 0 Å². The van der Waals surface area contributed by atoms with Gasteiger partial charge in [0.15, 0.2) is 0 Å². The molecule has 0 saturated carbocycles. The summed E-state index contributed by atoms with van der Waals surface area (Å²) >= 11 is 0. The Morgan fingerprint density at radius 1 is 0.236 bits per heavy atom. The fourth-order valence-electron chi connectivity index (χ4n) is 10.7. The molecule has 338 valence electrons. The molecule has 0 aliphatic heterocycles. The van der Waals surface area contributed by atoms with E-state index in [1.807, 2.05) is 0 Å². The van der Waals surface area contributed by atoms with E-state index in [0.29, 0.717) is 0 Å². The van der Waals surface area contributed by atoms with Crippen LogP contribution in [0.1, 0.15) is 0 Å². The minimum atomic E-state index is 1.08. The molecule has 2 nitrogen and oxygen atoms in total. The molecule has 0 unspecified atom stereocenters. The number of hydrogen-bond acceptors (Lipinski definition) is 1. The minimum Gasteiger partial charge on any atom is -0.310 e. The average molecular weight is 917 g/mol. The predicted octanol–water partition coefficient (Wildman–Crippen LogP) is 19.4. The van der Waals surface area contributed by atoms with E-state index in [9.17, 15) is 0 Å². The zero-order valence-corrected chi connectivity index (χ0v) is 39.6. The number of rotatable bonds is 10. The van der Waals surface area contributed by atoms with E-state index in [1.165, 1.54) is 88.2 Å². The van der Waals surface area contributed by atoms with Crippen LogP contribution in [0.2, 0.25) is 0 Å². The molecule has 0 radical (unpaired) electrons. The van der Waals surface area contributed by atoms with E-state index in [2.05, 4.69) is 301 Å². The zero-order chi connectivity index (χ0) is 47.8. The van der Waals surface area contributed by atoms with Crippen LogP contribution in [0.15, 0.2) is 291 Å². The molecule has 0 atom stereocenters. The van der Waals surface area contributed by atoms with Crippen LogP contribution in [0.5, 0.6) is 0 Å². The molecule has 72 heavy (non-hydrogen) atoms. The minimum absolute atomic E-state index is 1.08. The fraction of sp³-hybridized carbons (Fsp3) is 0. The Labute approximate surface area is 420 Å². The summed E-state index contributed by atoms with van der Waals surface area (Å²) in [5.41, 5.74) is 21.1. The Morgan fingerprint density at radius 2 is 0.667 bits per heavy atom. The SMILES string of the molecule is c1ccc(-c2ccc(N(c3ccc(-c4ccc(-c5cccc6ccccc56)cc4)cc3)c3cccc(-c4cccc(-c5cccc6c5c5ccccc5n6-c5ccc(-c6ccccc6)cc5)c4)c3)cc2)cc1. The molecule has 13 aromatic rings. The van der Waals surface area contributed by atoms with E-state index in [0.717, 1.165) is 33.9 Å². The first-order valence-corrected chi connectivity index (χ1v) is 24.7. The van der Waals surface area contributed by atoms with Crippen molar-refractivity contribution in [2.75, 3.05) is 4.90 Å². The van der Waals surface area contributed by atoms with E-state index >= 15 is 0 Å². The molecule has 0 saturated heterocycles. The number of nitrogens with zero attached hydrogens (tertiary/aromatic N) is 2. The van der Waals surface area contributed by atoms with Gasteiger partial charge in [0.05, 0.1) is 11.0 Å². The molecule has 0 bridgehead atoms. The summed E-state index contributed by atoms with van der Waals surface area (Å²) in [5, 5.41) is 5.01. The number of anilines is 3. The van der Waals surface area contributed by atoms with Crippen molar-refractivity contribution >= 4 is 49.6 Å². The lowest BCUT2D eigenvalue weighted by molar-refractivity contribution is 1.18. The molecule has 1 heterocycles. The average Bonchev–Trinajstić information content (AvgIpc) is 3.81. The van der Waals surface area contributed by atoms with Gasteiger partial charge in [-0.3, -0.25) is 0 Å². The fourth-order valence-corrected chi connectivity index (χ4v) is 10.7. The highest BCUT2D eigenvalue weighted by atomic mass is 15.1. The summed E-state index contributed by atoms with van der Waals surface area (Å²) in [6.45, 7) is 0. The third-order valence-electron chi connectivity index (χ3n) is 14.2. The highest BCUT2D eigenvalue weighted by Gasteiger charge is 2.18. The van der Waals surface area contributed by atoms with Gasteiger partial charge in [-0.05, 0) is 144 Å². The molecule has 0 aliphatic carbocycles. The van der Waals surface area contributed by atoms with Crippen LogP contribution in [-0.4, -0.2) is 4.57 Å². The van der Waals surface area contributed by atoms with Gasteiger partial charge in [0.2, 0.25) is 0 Å². The van der Waals surface area contributed by atoms with Gasteiger partial charge in [-0.25, -0.2) is 0 Å². The third kappa shape index (κ3) is 7.92. The Kier molecular flexibility index (Phi) is 10.9. The molecule has 0 spiro atoms. The lowest BCUT2D eigenvalue weighted by Gasteiger charge is -2.26. The van der Waals surface area contributed by atoms with Crippen LogP contribution in [0.3, 0.4) is 0 Å². The second kappa shape index (κ2) is 18.4. The van der Waals surface area contributed by atoms with E-state index in [4.69, 9.17) is 0 Å². The summed E-state index contributed by atoms with van der Waals surface area (Å²) < 4.78 is 2.41. The molecule has 0 amide bonds. The summed E-state index contributed by atoms with van der Waals surface area (Å²) in [4.78, 5) is 2.37. The zero-order valence-electron chi connectivity index (χ0n) is 39.6. The van der Waals surface area contributed by atoms with Crippen molar-refractivity contribution in [2.24, 2.45) is 0 Å². The van der Waals surface area contributed by atoms with Crippen molar-refractivity contribution in [1.29, 1.82) is 0 Å². The lowest BCUT2D eigenvalue weighted by Crippen LogP contribution is -2.10. The standard InChI is InChI=1S/C70H48N2/c1-3-15-49(16-4-1)52-35-41-60(42-36-52)71(61-43-37-54(38-44-61)51-31-33-56(34-32-51)65-27-13-20-55-19-7-8-25-64(55)65)63-24-12-22-58(48-63)57-21-11-23-59(47-57)66-28-14-30-69-70(66)67-26-9-10-29-68(67)72(69)62-45-39-53(40-46-62)50-17-5-2-6-18-50/h1-48H. The second-order valence-corrected chi connectivity index (χ2v) is 18.5. The Balaban J connectivity index is 0.856. The topological polar surface area (TPSA) is 8.17 Å². The van der Waals surface area contributed by atoms with Crippen LogP contribution in [-0.2, 0) is 0 Å². The number of hydrogen-bond donors (Lipinski definition) is 0. The Morgan fingerprint density at radius 3 is 1.33 bits per heavy atom. The first-order valence-electron chi connectivity index (χ1n) is 24.7. The normalized spacial score (nSPS) is 11.3. The van der Waals surface area contributed by atoms with Gasteiger partial charge in [-0.2, -0.15) is 0 Å². The summed E-state index contributed by atoms with van der Waals surface area (Å²) in [6.07, 6.45) is 0. The van der Waals surface area contributed by atoms with Gasteiger partial charge in [-0.1, -0.05) is 224 Å². The summed E-state index contributed by atoms with van der Waals surface area (Å²) in [6, 6.07) is 106. The van der Waals surface area contributed by atoms with Crippen LogP contribution in [0, 0.1) is 0 Å². The number of fused-ring (bicyclic) bond motifs is 4. The van der Waals surface area contributed by atoms with Crippen molar-refractivity contribution < 1.29 is 0 Å². The van der Waals surface area contributed by atoms with Crippen LogP contribution >= 0.6 is 0 Å². The van der Waals surface area contributed by atoms with Crippen molar-refractivity contribution in [1.82, 2.24) is 4.57 Å². The molecule has 0 aliphatic rings. The highest BCUT2D eigenvalue weighted by molar-refractivity contribution is 6.16. The molecule has 12 aromatic carbocycles. The number of para-hydroxylation sites is 1. The predicted molar refractivity (Wildman–Crippen MR) is 306 cm³/mol. The van der Waals surface area contributed by atoms with E-state index in [1.54, 1.807) is 0 Å². The highest BCUT2D eigenvalue weighted by Crippen LogP contribution is 2.42. The maximum absolute atomic E-state index is 2.41. The van der Waals surface area contributed by atoms with E-state index in [-0.39, 0.29) is 0 Å². The molecule has 13 rings (SSSR count). The van der Waals surface area contributed by atoms with Crippen LogP contribution in [0.25, 0.3) is 105 Å².